The van der Waals surface area contributed by atoms with Gasteiger partial charge in [0.05, 0.1) is 0 Å². The lowest BCUT2D eigenvalue weighted by molar-refractivity contribution is 0.143. The van der Waals surface area contributed by atoms with Gasteiger partial charge in [-0.1, -0.05) is 19.3 Å². The molecule has 0 aromatic heterocycles. The van der Waals surface area contributed by atoms with Crippen LogP contribution in [0.2, 0.25) is 0 Å². The molecule has 0 aromatic carbocycles. The smallest absolute Gasteiger partial charge is 0.0195 e. The maximum absolute atomic E-state index is 3.71. The van der Waals surface area contributed by atoms with E-state index in [2.05, 4.69) is 17.1 Å². The van der Waals surface area contributed by atoms with E-state index in [1.165, 1.54) is 64.6 Å². The van der Waals surface area contributed by atoms with Crippen molar-refractivity contribution in [3.05, 3.63) is 0 Å². The highest BCUT2D eigenvalue weighted by molar-refractivity contribution is 4.80. The Morgan fingerprint density at radius 1 is 1.07 bits per heavy atom. The molecule has 2 heterocycles. The maximum atomic E-state index is 3.71. The number of nitrogens with zero attached hydrogens (tertiary/aromatic N) is 1. The lowest BCUT2D eigenvalue weighted by Crippen LogP contribution is -2.46. The number of piperidine rings is 1. The zero-order valence-electron chi connectivity index (χ0n) is 10.2. The van der Waals surface area contributed by atoms with Gasteiger partial charge in [0.25, 0.3) is 0 Å². The van der Waals surface area contributed by atoms with Crippen molar-refractivity contribution in [3.8, 4) is 0 Å². The molecule has 2 fully saturated rings. The van der Waals surface area contributed by atoms with Crippen LogP contribution in [0.5, 0.6) is 0 Å². The third-order valence-corrected chi connectivity index (χ3v) is 4.06. The first-order valence-electron chi connectivity index (χ1n) is 6.83. The van der Waals surface area contributed by atoms with E-state index in [-0.39, 0.29) is 0 Å². The van der Waals surface area contributed by atoms with Crippen molar-refractivity contribution in [2.24, 2.45) is 0 Å². The Hall–Kier alpha value is -0.0800. The molecule has 2 aliphatic heterocycles. The summed E-state index contributed by atoms with van der Waals surface area (Å²) in [5.41, 5.74) is 0. The normalized spacial score (nSPS) is 35.0. The van der Waals surface area contributed by atoms with Gasteiger partial charge in [-0.05, 0) is 45.7 Å². The van der Waals surface area contributed by atoms with Gasteiger partial charge in [0.1, 0.15) is 0 Å². The predicted molar refractivity (Wildman–Crippen MR) is 65.1 cm³/mol. The minimum Gasteiger partial charge on any atom is -0.313 e. The Morgan fingerprint density at radius 2 is 1.93 bits per heavy atom. The molecule has 0 unspecified atom stereocenters. The van der Waals surface area contributed by atoms with Crippen molar-refractivity contribution in [2.45, 2.75) is 64.0 Å². The summed E-state index contributed by atoms with van der Waals surface area (Å²) in [6.07, 6.45) is 9.90. The molecular formula is C13H26N2. The van der Waals surface area contributed by atoms with Crippen molar-refractivity contribution < 1.29 is 0 Å². The van der Waals surface area contributed by atoms with Gasteiger partial charge in [0, 0.05) is 18.6 Å². The first-order chi connectivity index (χ1) is 7.36. The molecule has 2 saturated heterocycles. The van der Waals surface area contributed by atoms with E-state index in [9.17, 15) is 0 Å². The topological polar surface area (TPSA) is 15.3 Å². The summed E-state index contributed by atoms with van der Waals surface area (Å²) in [4.78, 5) is 2.70. The van der Waals surface area contributed by atoms with E-state index in [0.717, 1.165) is 12.1 Å². The van der Waals surface area contributed by atoms with Gasteiger partial charge in [-0.2, -0.15) is 0 Å². The van der Waals surface area contributed by atoms with Crippen LogP contribution in [0, 0.1) is 0 Å². The highest BCUT2D eigenvalue weighted by Crippen LogP contribution is 2.18. The first-order valence-corrected chi connectivity index (χ1v) is 6.83. The monoisotopic (exact) mass is 210 g/mol. The zero-order valence-corrected chi connectivity index (χ0v) is 10.2. The molecule has 0 saturated carbocycles. The SMILES string of the molecule is C[C@@H]1CCCCN1C[C@@H]1CCCCCN1. The van der Waals surface area contributed by atoms with Crippen LogP contribution in [0.15, 0.2) is 0 Å². The van der Waals surface area contributed by atoms with Gasteiger partial charge in [-0.3, -0.25) is 4.90 Å². The van der Waals surface area contributed by atoms with Crippen LogP contribution >= 0.6 is 0 Å². The fraction of sp³-hybridized carbons (Fsp3) is 1.00. The quantitative estimate of drug-likeness (QED) is 0.753. The van der Waals surface area contributed by atoms with Crippen LogP contribution in [0.1, 0.15) is 51.9 Å². The van der Waals surface area contributed by atoms with Gasteiger partial charge < -0.3 is 5.32 Å². The van der Waals surface area contributed by atoms with E-state index in [1.807, 2.05) is 0 Å². The Bertz CT molecular complexity index is 173. The maximum Gasteiger partial charge on any atom is 0.0195 e. The minimum absolute atomic E-state index is 0.771. The number of hydrogen-bond donors (Lipinski definition) is 1. The number of hydrogen-bond acceptors (Lipinski definition) is 2. The van der Waals surface area contributed by atoms with Crippen molar-refractivity contribution in [3.63, 3.8) is 0 Å². The lowest BCUT2D eigenvalue weighted by Gasteiger charge is -2.36. The van der Waals surface area contributed by atoms with Crippen LogP contribution in [0.25, 0.3) is 0 Å². The fourth-order valence-corrected chi connectivity index (χ4v) is 2.97. The molecule has 0 amide bonds. The van der Waals surface area contributed by atoms with E-state index in [1.54, 1.807) is 0 Å². The number of likely N-dealkylation sites (tertiary alicyclic amines) is 1. The average molecular weight is 210 g/mol. The second kappa shape index (κ2) is 5.86. The highest BCUT2D eigenvalue weighted by atomic mass is 15.2. The summed E-state index contributed by atoms with van der Waals surface area (Å²) in [6, 6.07) is 1.59. The molecule has 15 heavy (non-hydrogen) atoms. The summed E-state index contributed by atoms with van der Waals surface area (Å²) < 4.78 is 0. The van der Waals surface area contributed by atoms with Crippen LogP contribution in [-0.4, -0.2) is 36.6 Å². The molecule has 2 heteroatoms. The summed E-state index contributed by atoms with van der Waals surface area (Å²) in [5.74, 6) is 0. The minimum atomic E-state index is 0.771. The molecule has 2 nitrogen and oxygen atoms in total. The Labute approximate surface area is 94.4 Å². The molecule has 0 aromatic rings. The zero-order chi connectivity index (χ0) is 10.5. The van der Waals surface area contributed by atoms with Gasteiger partial charge in [-0.25, -0.2) is 0 Å². The summed E-state index contributed by atoms with van der Waals surface area (Å²) in [7, 11) is 0. The van der Waals surface area contributed by atoms with Gasteiger partial charge in [0.2, 0.25) is 0 Å². The van der Waals surface area contributed by atoms with Crippen LogP contribution in [0.3, 0.4) is 0 Å². The van der Waals surface area contributed by atoms with E-state index in [0.29, 0.717) is 0 Å². The summed E-state index contributed by atoms with van der Waals surface area (Å²) >= 11 is 0. The summed E-state index contributed by atoms with van der Waals surface area (Å²) in [5, 5.41) is 3.71. The molecular weight excluding hydrogens is 184 g/mol. The molecule has 0 aliphatic carbocycles. The molecule has 1 N–H and O–H groups in total. The first kappa shape index (κ1) is 11.4. The van der Waals surface area contributed by atoms with E-state index >= 15 is 0 Å². The van der Waals surface area contributed by atoms with Crippen LogP contribution in [0.4, 0.5) is 0 Å². The summed E-state index contributed by atoms with van der Waals surface area (Å²) in [6.45, 7) is 6.27. The van der Waals surface area contributed by atoms with Crippen molar-refractivity contribution >= 4 is 0 Å². The van der Waals surface area contributed by atoms with E-state index in [4.69, 9.17) is 0 Å². The average Bonchev–Trinajstić information content (AvgIpc) is 2.50. The Balaban J connectivity index is 1.78. The molecule has 2 aliphatic rings. The van der Waals surface area contributed by atoms with Gasteiger partial charge >= 0.3 is 0 Å². The third kappa shape index (κ3) is 3.46. The van der Waals surface area contributed by atoms with Crippen molar-refractivity contribution in [1.29, 1.82) is 0 Å². The predicted octanol–water partition coefficient (Wildman–Crippen LogP) is 2.39. The molecule has 0 spiro atoms. The Morgan fingerprint density at radius 3 is 2.80 bits per heavy atom. The largest absolute Gasteiger partial charge is 0.313 e. The Kier molecular flexibility index (Phi) is 4.45. The van der Waals surface area contributed by atoms with Crippen molar-refractivity contribution in [2.75, 3.05) is 19.6 Å². The standard InChI is InChI=1S/C13H26N2/c1-12-7-4-6-10-15(12)11-13-8-3-2-5-9-14-13/h12-14H,2-11H2,1H3/t12-,13+/m1/s1. The van der Waals surface area contributed by atoms with Gasteiger partial charge in [-0.15, -0.1) is 0 Å². The second-order valence-corrected chi connectivity index (χ2v) is 5.34. The van der Waals surface area contributed by atoms with Crippen molar-refractivity contribution in [1.82, 2.24) is 10.2 Å². The van der Waals surface area contributed by atoms with Crippen LogP contribution in [-0.2, 0) is 0 Å². The van der Waals surface area contributed by atoms with Gasteiger partial charge in [0.15, 0.2) is 0 Å². The van der Waals surface area contributed by atoms with Crippen LogP contribution < -0.4 is 5.32 Å². The molecule has 0 radical (unpaired) electrons. The molecule has 2 rings (SSSR count). The molecule has 0 bridgehead atoms. The number of rotatable bonds is 2. The van der Waals surface area contributed by atoms with E-state index < -0.39 is 0 Å². The molecule has 2 atom stereocenters. The number of nitrogens with one attached hydrogen (secondary N) is 1. The lowest BCUT2D eigenvalue weighted by atomic mass is 10.0. The fourth-order valence-electron chi connectivity index (χ4n) is 2.97. The third-order valence-electron chi connectivity index (χ3n) is 4.06. The highest BCUT2D eigenvalue weighted by Gasteiger charge is 2.21. The second-order valence-electron chi connectivity index (χ2n) is 5.34. The molecule has 88 valence electrons.